The van der Waals surface area contributed by atoms with Crippen molar-refractivity contribution in [2.75, 3.05) is 13.7 Å². The Bertz CT molecular complexity index is 171. The molecule has 3 heteroatoms. The number of nitrogens with one attached hydrogen (secondary N) is 1. The Balaban J connectivity index is 3.63. The number of ether oxygens (including phenoxy) is 1. The summed E-state index contributed by atoms with van der Waals surface area (Å²) in [7, 11) is 1.67. The summed E-state index contributed by atoms with van der Waals surface area (Å²) in [4.78, 5) is 11.2. The topological polar surface area (TPSA) is 38.3 Å². The highest BCUT2D eigenvalue weighted by atomic mass is 16.5. The molecule has 0 aromatic heterocycles. The lowest BCUT2D eigenvalue weighted by atomic mass is 10.1. The van der Waals surface area contributed by atoms with Crippen LogP contribution < -0.4 is 5.32 Å². The molecular formula is C13H27NO2. The van der Waals surface area contributed by atoms with Crippen molar-refractivity contribution >= 4 is 5.91 Å². The Hall–Kier alpha value is -0.570. The van der Waals surface area contributed by atoms with Crippen molar-refractivity contribution in [3.63, 3.8) is 0 Å². The van der Waals surface area contributed by atoms with Gasteiger partial charge >= 0.3 is 0 Å². The molecule has 0 aliphatic heterocycles. The largest absolute Gasteiger partial charge is 0.378 e. The molecule has 96 valence electrons. The van der Waals surface area contributed by atoms with Gasteiger partial charge in [-0.2, -0.15) is 0 Å². The second-order valence-electron chi connectivity index (χ2n) is 4.22. The van der Waals surface area contributed by atoms with Crippen LogP contribution in [0.4, 0.5) is 0 Å². The number of carbonyl (C=O) groups is 1. The van der Waals surface area contributed by atoms with E-state index >= 15 is 0 Å². The van der Waals surface area contributed by atoms with E-state index in [0.29, 0.717) is 6.42 Å². The van der Waals surface area contributed by atoms with Crippen LogP contribution in [0.2, 0.25) is 0 Å². The second kappa shape index (κ2) is 10.9. The summed E-state index contributed by atoms with van der Waals surface area (Å²) in [5.74, 6) is 0.0759. The minimum absolute atomic E-state index is 0.0759. The number of carbonyl (C=O) groups excluding carboxylic acids is 1. The van der Waals surface area contributed by atoms with Crippen molar-refractivity contribution in [3.8, 4) is 0 Å². The fraction of sp³-hybridized carbons (Fsp3) is 0.923. The van der Waals surface area contributed by atoms with Gasteiger partial charge < -0.3 is 10.1 Å². The highest BCUT2D eigenvalue weighted by Gasteiger charge is 2.12. The molecule has 3 nitrogen and oxygen atoms in total. The molecule has 0 heterocycles. The average molecular weight is 229 g/mol. The van der Waals surface area contributed by atoms with E-state index in [1.165, 1.54) is 19.3 Å². The molecule has 1 N–H and O–H groups in total. The summed E-state index contributed by atoms with van der Waals surface area (Å²) in [5.41, 5.74) is 0. The van der Waals surface area contributed by atoms with Crippen LogP contribution in [0.15, 0.2) is 0 Å². The van der Waals surface area contributed by atoms with Gasteiger partial charge in [0.1, 0.15) is 0 Å². The predicted molar refractivity (Wildman–Crippen MR) is 67.5 cm³/mol. The highest BCUT2D eigenvalue weighted by molar-refractivity contribution is 5.76. The molecule has 0 aromatic rings. The van der Waals surface area contributed by atoms with Gasteiger partial charge in [0.2, 0.25) is 5.91 Å². The van der Waals surface area contributed by atoms with Crippen LogP contribution in [-0.2, 0) is 9.53 Å². The van der Waals surface area contributed by atoms with Crippen LogP contribution in [0.5, 0.6) is 0 Å². The molecule has 0 aliphatic rings. The van der Waals surface area contributed by atoms with E-state index in [1.54, 1.807) is 7.05 Å². The number of hydrogen-bond donors (Lipinski definition) is 1. The fourth-order valence-electron chi connectivity index (χ4n) is 1.65. The minimum Gasteiger partial charge on any atom is -0.378 e. The zero-order valence-corrected chi connectivity index (χ0v) is 11.1. The molecule has 1 atom stereocenters. The van der Waals surface area contributed by atoms with Gasteiger partial charge in [-0.15, -0.1) is 0 Å². The third-order valence-corrected chi connectivity index (χ3v) is 2.65. The number of amides is 1. The maximum atomic E-state index is 11.2. The van der Waals surface area contributed by atoms with Gasteiger partial charge in [-0.3, -0.25) is 4.79 Å². The van der Waals surface area contributed by atoms with E-state index in [4.69, 9.17) is 4.74 Å². The van der Waals surface area contributed by atoms with E-state index < -0.39 is 0 Å². The van der Waals surface area contributed by atoms with Crippen molar-refractivity contribution in [1.29, 1.82) is 0 Å². The van der Waals surface area contributed by atoms with Crippen LogP contribution in [0.25, 0.3) is 0 Å². The lowest BCUT2D eigenvalue weighted by Gasteiger charge is -2.16. The molecular weight excluding hydrogens is 202 g/mol. The maximum Gasteiger partial charge on any atom is 0.222 e. The molecule has 1 amide bonds. The van der Waals surface area contributed by atoms with Gasteiger partial charge in [-0.1, -0.05) is 39.5 Å². The van der Waals surface area contributed by atoms with Gasteiger partial charge in [0.15, 0.2) is 0 Å². The van der Waals surface area contributed by atoms with Crippen LogP contribution in [-0.4, -0.2) is 25.7 Å². The first kappa shape index (κ1) is 15.4. The summed E-state index contributed by atoms with van der Waals surface area (Å²) in [5, 5.41) is 2.65. The van der Waals surface area contributed by atoms with E-state index in [9.17, 15) is 4.79 Å². The average Bonchev–Trinajstić information content (AvgIpc) is 2.28. The van der Waals surface area contributed by atoms with Gasteiger partial charge in [0.05, 0.1) is 12.5 Å². The third kappa shape index (κ3) is 8.72. The molecule has 0 rings (SSSR count). The zero-order chi connectivity index (χ0) is 12.2. The first-order chi connectivity index (χ1) is 7.74. The molecule has 0 fully saturated rings. The van der Waals surface area contributed by atoms with E-state index in [1.807, 2.05) is 0 Å². The molecule has 0 bridgehead atoms. The SMILES string of the molecule is CCCCCCOC(CCC)CC(=O)NC. The third-order valence-electron chi connectivity index (χ3n) is 2.65. The standard InChI is InChI=1S/C13H27NO2/c1-4-6-7-8-10-16-12(9-5-2)11-13(15)14-3/h12H,4-11H2,1-3H3,(H,14,15). The van der Waals surface area contributed by atoms with E-state index in [2.05, 4.69) is 19.2 Å². The normalized spacial score (nSPS) is 12.4. The molecule has 16 heavy (non-hydrogen) atoms. The quantitative estimate of drug-likeness (QED) is 0.585. The Morgan fingerprint density at radius 2 is 1.94 bits per heavy atom. The Labute approximate surface area is 99.9 Å². The summed E-state index contributed by atoms with van der Waals surface area (Å²) >= 11 is 0. The van der Waals surface area contributed by atoms with E-state index in [-0.39, 0.29) is 12.0 Å². The molecule has 0 saturated heterocycles. The maximum absolute atomic E-state index is 11.2. The minimum atomic E-state index is 0.0759. The lowest BCUT2D eigenvalue weighted by Crippen LogP contribution is -2.26. The van der Waals surface area contributed by atoms with Crippen molar-refractivity contribution in [3.05, 3.63) is 0 Å². The van der Waals surface area contributed by atoms with Crippen molar-refractivity contribution in [1.82, 2.24) is 5.32 Å². The van der Waals surface area contributed by atoms with E-state index in [0.717, 1.165) is 25.9 Å². The van der Waals surface area contributed by atoms with Crippen LogP contribution in [0, 0.1) is 0 Å². The number of rotatable bonds is 10. The monoisotopic (exact) mass is 229 g/mol. The first-order valence-corrected chi connectivity index (χ1v) is 6.56. The molecule has 0 aromatic carbocycles. The fourth-order valence-corrected chi connectivity index (χ4v) is 1.65. The summed E-state index contributed by atoms with van der Waals surface area (Å²) in [6.07, 6.45) is 7.51. The van der Waals surface area contributed by atoms with Crippen molar-refractivity contribution in [2.45, 2.75) is 64.9 Å². The Morgan fingerprint density at radius 1 is 1.19 bits per heavy atom. The molecule has 1 unspecified atom stereocenters. The lowest BCUT2D eigenvalue weighted by molar-refractivity contribution is -0.123. The zero-order valence-electron chi connectivity index (χ0n) is 11.1. The van der Waals surface area contributed by atoms with Crippen LogP contribution in [0.1, 0.15) is 58.8 Å². The molecule has 0 saturated carbocycles. The Morgan fingerprint density at radius 3 is 2.50 bits per heavy atom. The molecule has 0 radical (unpaired) electrons. The van der Waals surface area contributed by atoms with Gasteiger partial charge in [-0.25, -0.2) is 0 Å². The smallest absolute Gasteiger partial charge is 0.222 e. The van der Waals surface area contributed by atoms with Crippen LogP contribution >= 0.6 is 0 Å². The van der Waals surface area contributed by atoms with Crippen LogP contribution in [0.3, 0.4) is 0 Å². The van der Waals surface area contributed by atoms with Gasteiger partial charge in [0, 0.05) is 13.7 Å². The van der Waals surface area contributed by atoms with Crippen molar-refractivity contribution < 1.29 is 9.53 Å². The summed E-state index contributed by atoms with van der Waals surface area (Å²) < 4.78 is 5.74. The molecule has 0 aliphatic carbocycles. The number of unbranched alkanes of at least 4 members (excludes halogenated alkanes) is 3. The predicted octanol–water partition coefficient (Wildman–Crippen LogP) is 2.89. The van der Waals surface area contributed by atoms with Crippen molar-refractivity contribution in [2.24, 2.45) is 0 Å². The van der Waals surface area contributed by atoms with Gasteiger partial charge in [-0.05, 0) is 12.8 Å². The van der Waals surface area contributed by atoms with Gasteiger partial charge in [0.25, 0.3) is 0 Å². The second-order valence-corrected chi connectivity index (χ2v) is 4.22. The summed E-state index contributed by atoms with van der Waals surface area (Å²) in [6, 6.07) is 0. The number of hydrogen-bond acceptors (Lipinski definition) is 2. The first-order valence-electron chi connectivity index (χ1n) is 6.56. The Kier molecular flexibility index (Phi) is 10.5. The highest BCUT2D eigenvalue weighted by Crippen LogP contribution is 2.09. The summed E-state index contributed by atoms with van der Waals surface area (Å²) in [6.45, 7) is 5.12. The molecule has 0 spiro atoms.